The molecule has 26 heavy (non-hydrogen) atoms. The lowest BCUT2D eigenvalue weighted by Crippen LogP contribution is -2.28. The summed E-state index contributed by atoms with van der Waals surface area (Å²) in [7, 11) is 0. The summed E-state index contributed by atoms with van der Waals surface area (Å²) in [6, 6.07) is 2.94. The van der Waals surface area contributed by atoms with E-state index in [1.807, 2.05) is 0 Å². The predicted octanol–water partition coefficient (Wildman–Crippen LogP) is 3.63. The smallest absolute Gasteiger partial charge is 0.266 e. The van der Waals surface area contributed by atoms with E-state index in [1.54, 1.807) is 11.5 Å². The Balaban J connectivity index is 1.77. The molecule has 1 aromatic carbocycles. The third-order valence-electron chi connectivity index (χ3n) is 4.55. The molecule has 0 unspecified atom stereocenters. The molecule has 0 saturated carbocycles. The van der Waals surface area contributed by atoms with Gasteiger partial charge in [0, 0.05) is 19.0 Å². The van der Waals surface area contributed by atoms with Crippen molar-refractivity contribution in [2.24, 2.45) is 0 Å². The molecule has 1 amide bonds. The van der Waals surface area contributed by atoms with Crippen molar-refractivity contribution in [2.45, 2.75) is 32.7 Å². The molecule has 0 aliphatic carbocycles. The van der Waals surface area contributed by atoms with Gasteiger partial charge in [0.25, 0.3) is 11.5 Å². The Morgan fingerprint density at radius 2 is 2.12 bits per heavy atom. The number of carbonyl (C=O) groups is 1. The number of nitrogens with one attached hydrogen (secondary N) is 1. The summed E-state index contributed by atoms with van der Waals surface area (Å²) in [6.07, 6.45) is 2.66. The number of nitrogens with zero attached hydrogens (tertiary/aromatic N) is 2. The first-order valence-electron chi connectivity index (χ1n) is 8.25. The van der Waals surface area contributed by atoms with Crippen LogP contribution >= 0.6 is 11.3 Å². The maximum atomic E-state index is 13.8. The number of benzene rings is 1. The summed E-state index contributed by atoms with van der Waals surface area (Å²) in [5, 5.41) is 2.87. The van der Waals surface area contributed by atoms with Crippen molar-refractivity contribution in [1.29, 1.82) is 0 Å². The van der Waals surface area contributed by atoms with Crippen LogP contribution < -0.4 is 10.9 Å². The summed E-state index contributed by atoms with van der Waals surface area (Å²) in [5.74, 6) is -1.38. The zero-order valence-electron chi connectivity index (χ0n) is 13.9. The van der Waals surface area contributed by atoms with Crippen LogP contribution in [-0.2, 0) is 13.0 Å². The highest BCUT2D eigenvalue weighted by Gasteiger charge is 2.23. The van der Waals surface area contributed by atoms with Gasteiger partial charge in [0.15, 0.2) is 0 Å². The molecule has 3 aromatic rings. The highest BCUT2D eigenvalue weighted by molar-refractivity contribution is 7.20. The van der Waals surface area contributed by atoms with Crippen molar-refractivity contribution in [2.75, 3.05) is 5.32 Å². The number of halogens is 2. The lowest BCUT2D eigenvalue weighted by Gasteiger charge is -2.16. The van der Waals surface area contributed by atoms with Gasteiger partial charge in [0.2, 0.25) is 0 Å². The number of hydrogen-bond acceptors (Lipinski definition) is 4. The third-order valence-corrected chi connectivity index (χ3v) is 5.73. The molecule has 0 radical (unpaired) electrons. The van der Waals surface area contributed by atoms with E-state index in [4.69, 9.17) is 0 Å². The zero-order valence-corrected chi connectivity index (χ0v) is 14.8. The second-order valence-corrected chi connectivity index (χ2v) is 7.26. The standard InChI is InChI=1S/C18H15F2N3O2S/c1-9-14-17(22-13-4-2-3-7-23(13)18(14)25)26-15(9)16(24)21-12-6-5-10(19)8-11(12)20/h5-6,8H,2-4,7H2,1H3,(H,21,24). The van der Waals surface area contributed by atoms with Crippen LogP contribution in [0.5, 0.6) is 0 Å². The van der Waals surface area contributed by atoms with E-state index in [0.717, 1.165) is 48.6 Å². The van der Waals surface area contributed by atoms with Gasteiger partial charge in [-0.25, -0.2) is 13.8 Å². The largest absolute Gasteiger partial charge is 0.319 e. The Kier molecular flexibility index (Phi) is 4.07. The molecule has 2 aromatic heterocycles. The van der Waals surface area contributed by atoms with Crippen LogP contribution in [0, 0.1) is 18.6 Å². The topological polar surface area (TPSA) is 64.0 Å². The minimum absolute atomic E-state index is 0.114. The van der Waals surface area contributed by atoms with Gasteiger partial charge < -0.3 is 5.32 Å². The molecule has 1 N–H and O–H groups in total. The molecule has 0 bridgehead atoms. The van der Waals surface area contributed by atoms with Gasteiger partial charge in [-0.1, -0.05) is 0 Å². The number of hydrogen-bond donors (Lipinski definition) is 1. The number of carbonyl (C=O) groups excluding carboxylic acids is 1. The monoisotopic (exact) mass is 375 g/mol. The van der Waals surface area contributed by atoms with Crippen molar-refractivity contribution < 1.29 is 13.6 Å². The van der Waals surface area contributed by atoms with Crippen molar-refractivity contribution in [3.8, 4) is 0 Å². The molecule has 0 saturated heterocycles. The fourth-order valence-corrected chi connectivity index (χ4v) is 4.31. The summed E-state index contributed by atoms with van der Waals surface area (Å²) < 4.78 is 28.5. The Hall–Kier alpha value is -2.61. The molecule has 0 atom stereocenters. The molecule has 0 spiro atoms. The molecule has 4 rings (SSSR count). The van der Waals surface area contributed by atoms with Gasteiger partial charge in [-0.15, -0.1) is 11.3 Å². The Labute approximate surface area is 151 Å². The molecule has 0 fully saturated rings. The molecule has 8 heteroatoms. The minimum atomic E-state index is -0.856. The van der Waals surface area contributed by atoms with Crippen molar-refractivity contribution in [3.05, 3.63) is 56.5 Å². The first-order valence-corrected chi connectivity index (χ1v) is 9.06. The van der Waals surface area contributed by atoms with Gasteiger partial charge in [0.05, 0.1) is 16.0 Å². The number of amides is 1. The van der Waals surface area contributed by atoms with Gasteiger partial charge in [-0.2, -0.15) is 0 Å². The first-order chi connectivity index (χ1) is 12.5. The Morgan fingerprint density at radius 1 is 1.31 bits per heavy atom. The van der Waals surface area contributed by atoms with Crippen LogP contribution in [0.1, 0.15) is 33.9 Å². The summed E-state index contributed by atoms with van der Waals surface area (Å²) in [6.45, 7) is 2.32. The molecular weight excluding hydrogens is 360 g/mol. The molecule has 134 valence electrons. The molecule has 1 aliphatic rings. The second-order valence-electron chi connectivity index (χ2n) is 6.26. The van der Waals surface area contributed by atoms with Gasteiger partial charge >= 0.3 is 0 Å². The maximum Gasteiger partial charge on any atom is 0.266 e. The SMILES string of the molecule is Cc1c(C(=O)Nc2ccc(F)cc2F)sc2nc3n(c(=O)c12)CCCC3. The van der Waals surface area contributed by atoms with Crippen molar-refractivity contribution >= 4 is 33.1 Å². The number of fused-ring (bicyclic) bond motifs is 2. The Bertz CT molecular complexity index is 1100. The highest BCUT2D eigenvalue weighted by Crippen LogP contribution is 2.29. The quantitative estimate of drug-likeness (QED) is 0.744. The number of thiophene rings is 1. The number of rotatable bonds is 2. The van der Waals surface area contributed by atoms with Gasteiger partial charge in [0.1, 0.15) is 22.3 Å². The normalized spacial score (nSPS) is 13.7. The van der Waals surface area contributed by atoms with Crippen molar-refractivity contribution in [3.63, 3.8) is 0 Å². The third kappa shape index (κ3) is 2.70. The van der Waals surface area contributed by atoms with E-state index < -0.39 is 17.5 Å². The van der Waals surface area contributed by atoms with E-state index in [-0.39, 0.29) is 11.2 Å². The fourth-order valence-electron chi connectivity index (χ4n) is 3.22. The van der Waals surface area contributed by atoms with E-state index in [1.165, 1.54) is 0 Å². The molecule has 5 nitrogen and oxygen atoms in total. The van der Waals surface area contributed by atoms with Gasteiger partial charge in [-0.3, -0.25) is 14.2 Å². The van der Waals surface area contributed by atoms with Crippen LogP contribution in [0.25, 0.3) is 10.2 Å². The number of aryl methyl sites for hydroxylation is 2. The maximum absolute atomic E-state index is 13.8. The summed E-state index contributed by atoms with van der Waals surface area (Å²) in [4.78, 5) is 30.7. The first kappa shape index (κ1) is 16.8. The average Bonchev–Trinajstić information content (AvgIpc) is 2.94. The highest BCUT2D eigenvalue weighted by atomic mass is 32.1. The van der Waals surface area contributed by atoms with Crippen LogP contribution in [-0.4, -0.2) is 15.5 Å². The lowest BCUT2D eigenvalue weighted by molar-refractivity contribution is 0.102. The van der Waals surface area contributed by atoms with E-state index in [9.17, 15) is 18.4 Å². The summed E-state index contributed by atoms with van der Waals surface area (Å²) >= 11 is 1.11. The van der Waals surface area contributed by atoms with Gasteiger partial charge in [-0.05, 0) is 37.5 Å². The van der Waals surface area contributed by atoms with Crippen LogP contribution in [0.15, 0.2) is 23.0 Å². The minimum Gasteiger partial charge on any atom is -0.319 e. The second kappa shape index (κ2) is 6.28. The predicted molar refractivity (Wildman–Crippen MR) is 95.9 cm³/mol. The van der Waals surface area contributed by atoms with Crippen LogP contribution in [0.4, 0.5) is 14.5 Å². The van der Waals surface area contributed by atoms with E-state index in [2.05, 4.69) is 10.3 Å². The number of anilines is 1. The molecular formula is C18H15F2N3O2S. The van der Waals surface area contributed by atoms with E-state index in [0.29, 0.717) is 33.3 Å². The van der Waals surface area contributed by atoms with Crippen LogP contribution in [0.2, 0.25) is 0 Å². The number of aromatic nitrogens is 2. The van der Waals surface area contributed by atoms with Crippen LogP contribution in [0.3, 0.4) is 0 Å². The van der Waals surface area contributed by atoms with Crippen molar-refractivity contribution in [1.82, 2.24) is 9.55 Å². The zero-order chi connectivity index (χ0) is 18.4. The summed E-state index contributed by atoms with van der Waals surface area (Å²) in [5.41, 5.74) is 0.283. The lowest BCUT2D eigenvalue weighted by atomic mass is 10.1. The molecule has 1 aliphatic heterocycles. The Morgan fingerprint density at radius 3 is 2.88 bits per heavy atom. The average molecular weight is 375 g/mol. The van der Waals surface area contributed by atoms with E-state index >= 15 is 0 Å². The molecule has 3 heterocycles. The fraction of sp³-hybridized carbons (Fsp3) is 0.278.